The van der Waals surface area contributed by atoms with Gasteiger partial charge in [-0.2, -0.15) is 4.98 Å². The van der Waals surface area contributed by atoms with Crippen LogP contribution in [0, 0.1) is 0 Å². The number of nitrogens with zero attached hydrogens (tertiary/aromatic N) is 4. The second-order valence-electron chi connectivity index (χ2n) is 9.41. The van der Waals surface area contributed by atoms with Crippen LogP contribution in [0.3, 0.4) is 0 Å². The Morgan fingerprint density at radius 1 is 1.08 bits per heavy atom. The van der Waals surface area contributed by atoms with Crippen LogP contribution in [-0.2, 0) is 11.2 Å². The van der Waals surface area contributed by atoms with Crippen LogP contribution < -0.4 is 27.1 Å². The Morgan fingerprint density at radius 2 is 1.84 bits per heavy atom. The number of aromatic nitrogens is 2. The Morgan fingerprint density at radius 3 is 2.62 bits per heavy atom. The zero-order chi connectivity index (χ0) is 26.0. The predicted molar refractivity (Wildman–Crippen MR) is 151 cm³/mol. The summed E-state index contributed by atoms with van der Waals surface area (Å²) < 4.78 is 0. The Hall–Kier alpha value is -3.47. The molecular formula is C27H35BN8O. The summed E-state index contributed by atoms with van der Waals surface area (Å²) >= 11 is 0. The molecule has 1 unspecified atom stereocenters. The zero-order valence-corrected chi connectivity index (χ0v) is 21.4. The molecule has 1 aromatic heterocycles. The molecule has 1 aliphatic heterocycles. The van der Waals surface area contributed by atoms with Crippen LogP contribution in [0.2, 0.25) is 0 Å². The lowest BCUT2D eigenvalue weighted by atomic mass is 9.99. The number of amides is 1. The molecule has 9 nitrogen and oxygen atoms in total. The van der Waals surface area contributed by atoms with E-state index in [1.54, 1.807) is 6.20 Å². The quantitative estimate of drug-likeness (QED) is 0.233. The van der Waals surface area contributed by atoms with Crippen molar-refractivity contribution in [1.82, 2.24) is 19.8 Å². The Balaban J connectivity index is 1.28. The van der Waals surface area contributed by atoms with E-state index >= 15 is 0 Å². The number of hydrogen-bond acceptors (Lipinski definition) is 8. The van der Waals surface area contributed by atoms with Gasteiger partial charge in [0.1, 0.15) is 13.7 Å². The number of nitrogens with one attached hydrogen (secondary N) is 3. The predicted octanol–water partition coefficient (Wildman–Crippen LogP) is 1.57. The molecule has 0 aliphatic carbocycles. The van der Waals surface area contributed by atoms with Crippen LogP contribution in [0.1, 0.15) is 12.0 Å². The highest BCUT2D eigenvalue weighted by Gasteiger charge is 2.15. The lowest BCUT2D eigenvalue weighted by molar-refractivity contribution is -0.117. The maximum Gasteiger partial charge on any atom is 0.241 e. The smallest absolute Gasteiger partial charge is 0.241 e. The maximum absolute atomic E-state index is 12.6. The van der Waals surface area contributed by atoms with Crippen LogP contribution in [0.15, 0.2) is 60.8 Å². The minimum absolute atomic E-state index is 0.243. The third-order valence-electron chi connectivity index (χ3n) is 6.38. The van der Waals surface area contributed by atoms with E-state index in [0.29, 0.717) is 29.3 Å². The van der Waals surface area contributed by atoms with E-state index in [1.165, 1.54) is 0 Å². The van der Waals surface area contributed by atoms with E-state index in [2.05, 4.69) is 42.8 Å². The minimum Gasteiger partial charge on any atom is -0.370 e. The minimum atomic E-state index is -0.649. The normalized spacial score (nSPS) is 15.2. The molecule has 1 fully saturated rings. The molecule has 37 heavy (non-hydrogen) atoms. The second kappa shape index (κ2) is 13.2. The number of piperazine rings is 1. The fraction of sp³-hybridized carbons (Fsp3) is 0.370. The summed E-state index contributed by atoms with van der Waals surface area (Å²) in [4.78, 5) is 26.3. The molecule has 0 bridgehead atoms. The molecule has 5 N–H and O–H groups in total. The van der Waals surface area contributed by atoms with Gasteiger partial charge in [0.25, 0.3) is 0 Å². The van der Waals surface area contributed by atoms with Gasteiger partial charge in [0.2, 0.25) is 11.9 Å². The number of anilines is 4. The van der Waals surface area contributed by atoms with Crippen LogP contribution in [0.5, 0.6) is 0 Å². The molecule has 3 aromatic rings. The topological polar surface area (TPSA) is 111 Å². The molecule has 1 atom stereocenters. The van der Waals surface area contributed by atoms with E-state index in [0.717, 1.165) is 56.9 Å². The fourth-order valence-corrected chi connectivity index (χ4v) is 4.17. The average molecular weight is 498 g/mol. The SMILES string of the molecule is [B]c1cnc(Nc2cccc(NC(=O)C(N)Cc3ccccc3)c2)nc1NCCCN1CCN(C)CC1. The number of rotatable bonds is 11. The second-order valence-corrected chi connectivity index (χ2v) is 9.41. The highest BCUT2D eigenvalue weighted by atomic mass is 16.2. The molecule has 1 saturated heterocycles. The largest absolute Gasteiger partial charge is 0.370 e. The van der Waals surface area contributed by atoms with Crippen molar-refractivity contribution in [3.8, 4) is 0 Å². The maximum atomic E-state index is 12.6. The molecule has 192 valence electrons. The van der Waals surface area contributed by atoms with Gasteiger partial charge in [0.15, 0.2) is 0 Å². The summed E-state index contributed by atoms with van der Waals surface area (Å²) in [6.45, 7) is 6.28. The fourth-order valence-electron chi connectivity index (χ4n) is 4.17. The van der Waals surface area contributed by atoms with Crippen molar-refractivity contribution in [2.45, 2.75) is 18.9 Å². The molecule has 2 aromatic carbocycles. The van der Waals surface area contributed by atoms with Gasteiger partial charge in [0.05, 0.1) is 6.04 Å². The van der Waals surface area contributed by atoms with E-state index in [9.17, 15) is 4.79 Å². The molecule has 0 saturated carbocycles. The average Bonchev–Trinajstić information content (AvgIpc) is 2.90. The summed E-state index contributed by atoms with van der Waals surface area (Å²) in [7, 11) is 8.26. The standard InChI is InChI=1S/C27H35BN8O/c1-35-13-15-36(16-14-35)12-6-11-30-25-23(28)19-31-27(34-25)33-22-10-5-9-21(18-22)32-26(37)24(29)17-20-7-3-2-4-8-20/h2-5,7-10,18-19,24H,6,11-17,29H2,1H3,(H,32,37)(H2,30,31,33,34). The monoisotopic (exact) mass is 498 g/mol. The first-order chi connectivity index (χ1) is 18.0. The Kier molecular flexibility index (Phi) is 9.48. The number of hydrogen-bond donors (Lipinski definition) is 4. The van der Waals surface area contributed by atoms with Crippen LogP contribution >= 0.6 is 0 Å². The molecule has 10 heteroatoms. The lowest BCUT2D eigenvalue weighted by Crippen LogP contribution is -2.44. The first-order valence-electron chi connectivity index (χ1n) is 12.7. The van der Waals surface area contributed by atoms with Crippen molar-refractivity contribution in [2.24, 2.45) is 5.73 Å². The van der Waals surface area contributed by atoms with Gasteiger partial charge >= 0.3 is 0 Å². The number of carbonyl (C=O) groups is 1. The molecule has 2 radical (unpaired) electrons. The number of likely N-dealkylation sites (N-methyl/N-ethyl adjacent to an activating group) is 1. The van der Waals surface area contributed by atoms with E-state index in [1.807, 2.05) is 54.6 Å². The van der Waals surface area contributed by atoms with Crippen LogP contribution in [0.25, 0.3) is 0 Å². The Labute approximate surface area is 220 Å². The molecule has 1 amide bonds. The molecular weight excluding hydrogens is 463 g/mol. The highest BCUT2D eigenvalue weighted by Crippen LogP contribution is 2.19. The summed E-state index contributed by atoms with van der Waals surface area (Å²) in [5.74, 6) is 0.778. The van der Waals surface area contributed by atoms with Crippen molar-refractivity contribution in [2.75, 3.05) is 62.3 Å². The lowest BCUT2D eigenvalue weighted by Gasteiger charge is -2.32. The highest BCUT2D eigenvalue weighted by molar-refractivity contribution is 6.35. The van der Waals surface area contributed by atoms with Crippen LogP contribution in [0.4, 0.5) is 23.1 Å². The van der Waals surface area contributed by atoms with Gasteiger partial charge in [-0.3, -0.25) is 4.79 Å². The van der Waals surface area contributed by atoms with Gasteiger partial charge in [0, 0.05) is 50.3 Å². The third kappa shape index (κ3) is 8.28. The first kappa shape index (κ1) is 26.6. The molecule has 1 aliphatic rings. The van der Waals surface area contributed by atoms with E-state index in [4.69, 9.17) is 13.6 Å². The van der Waals surface area contributed by atoms with Gasteiger partial charge in [-0.15, -0.1) is 0 Å². The number of nitrogens with two attached hydrogens (primary N) is 1. The molecule has 0 spiro atoms. The van der Waals surface area contributed by atoms with Crippen molar-refractivity contribution in [3.05, 3.63) is 66.4 Å². The molecule has 4 rings (SSSR count). The van der Waals surface area contributed by atoms with Crippen molar-refractivity contribution < 1.29 is 4.79 Å². The summed E-state index contributed by atoms with van der Waals surface area (Å²) in [5.41, 5.74) is 9.00. The van der Waals surface area contributed by atoms with Crippen molar-refractivity contribution in [3.63, 3.8) is 0 Å². The van der Waals surface area contributed by atoms with E-state index in [-0.39, 0.29) is 5.91 Å². The third-order valence-corrected chi connectivity index (χ3v) is 6.38. The van der Waals surface area contributed by atoms with Gasteiger partial charge < -0.3 is 31.5 Å². The number of carbonyl (C=O) groups excluding carboxylic acids is 1. The summed E-state index contributed by atoms with van der Waals surface area (Å²) in [5, 5.41) is 9.41. The Bertz CT molecular complexity index is 1150. The van der Waals surface area contributed by atoms with Gasteiger partial charge in [-0.25, -0.2) is 4.98 Å². The van der Waals surface area contributed by atoms with Gasteiger partial charge in [-0.05, 0) is 55.7 Å². The number of benzene rings is 2. The van der Waals surface area contributed by atoms with Crippen LogP contribution in [-0.4, -0.2) is 85.9 Å². The van der Waals surface area contributed by atoms with Gasteiger partial charge in [-0.1, -0.05) is 36.4 Å². The summed E-state index contributed by atoms with van der Waals surface area (Å²) in [6, 6.07) is 16.4. The van der Waals surface area contributed by atoms with E-state index < -0.39 is 6.04 Å². The zero-order valence-electron chi connectivity index (χ0n) is 21.4. The van der Waals surface area contributed by atoms with Crippen molar-refractivity contribution in [1.29, 1.82) is 0 Å². The molecule has 2 heterocycles. The summed E-state index contributed by atoms with van der Waals surface area (Å²) in [6.07, 6.45) is 3.06. The first-order valence-corrected chi connectivity index (χ1v) is 12.7. The van der Waals surface area contributed by atoms with Crippen molar-refractivity contribution >= 4 is 42.4 Å².